The summed E-state index contributed by atoms with van der Waals surface area (Å²) in [5.41, 5.74) is 5.51. The van der Waals surface area contributed by atoms with Crippen LogP contribution in [-0.4, -0.2) is 59.9 Å². The maximum absolute atomic E-state index is 12.8. The molecule has 3 aromatic heterocycles. The van der Waals surface area contributed by atoms with Gasteiger partial charge in [-0.05, 0) is 0 Å². The van der Waals surface area contributed by atoms with Gasteiger partial charge in [0.15, 0.2) is 17.0 Å². The molecule has 2 N–H and O–H groups in total. The van der Waals surface area contributed by atoms with Gasteiger partial charge in [-0.25, -0.2) is 9.78 Å². The SMILES string of the molecule is Cn1cnc2c1c(=O)n(Cc1nc(N)nc(N3CCOCC3)n1)c(=O)n2C. The third kappa shape index (κ3) is 2.93. The van der Waals surface area contributed by atoms with E-state index in [-0.39, 0.29) is 18.3 Å². The molecule has 4 heterocycles. The standard InChI is InChI=1S/C15H19N9O3/c1-21-8-17-11-10(21)12(25)24(15(26)22(11)2)7-9-18-13(16)20-14(19-9)23-3-5-27-6-4-23/h8H,3-7H2,1-2H3,(H2,16,18,19,20). The van der Waals surface area contributed by atoms with Gasteiger partial charge in [0.25, 0.3) is 5.56 Å². The van der Waals surface area contributed by atoms with E-state index < -0.39 is 11.2 Å². The summed E-state index contributed by atoms with van der Waals surface area (Å²) in [6.07, 6.45) is 1.49. The molecule has 12 heteroatoms. The smallest absolute Gasteiger partial charge is 0.332 e. The van der Waals surface area contributed by atoms with Crippen LogP contribution in [0.2, 0.25) is 0 Å². The zero-order valence-electron chi connectivity index (χ0n) is 15.0. The molecule has 0 bridgehead atoms. The highest BCUT2D eigenvalue weighted by molar-refractivity contribution is 5.69. The van der Waals surface area contributed by atoms with E-state index in [1.165, 1.54) is 10.9 Å². The van der Waals surface area contributed by atoms with Gasteiger partial charge < -0.3 is 19.9 Å². The number of nitrogens with zero attached hydrogens (tertiary/aromatic N) is 8. The first-order valence-corrected chi connectivity index (χ1v) is 8.39. The first-order chi connectivity index (χ1) is 13.0. The van der Waals surface area contributed by atoms with Crippen molar-refractivity contribution in [2.75, 3.05) is 36.9 Å². The third-order valence-electron chi connectivity index (χ3n) is 4.48. The number of aromatic nitrogens is 7. The van der Waals surface area contributed by atoms with Crippen molar-refractivity contribution in [3.05, 3.63) is 33.0 Å². The molecular formula is C15H19N9O3. The molecule has 142 valence electrons. The molecule has 1 saturated heterocycles. The van der Waals surface area contributed by atoms with Crippen LogP contribution in [0.4, 0.5) is 11.9 Å². The topological polar surface area (TPSA) is 139 Å². The minimum absolute atomic E-state index is 0.0352. The Morgan fingerprint density at radius 2 is 1.89 bits per heavy atom. The van der Waals surface area contributed by atoms with E-state index in [9.17, 15) is 9.59 Å². The van der Waals surface area contributed by atoms with Crippen molar-refractivity contribution >= 4 is 23.1 Å². The number of hydrogen-bond acceptors (Lipinski definition) is 9. The summed E-state index contributed by atoms with van der Waals surface area (Å²) in [6.45, 7) is 2.28. The lowest BCUT2D eigenvalue weighted by Crippen LogP contribution is -2.40. The summed E-state index contributed by atoms with van der Waals surface area (Å²) in [4.78, 5) is 44.1. The van der Waals surface area contributed by atoms with Crippen LogP contribution in [-0.2, 0) is 25.4 Å². The van der Waals surface area contributed by atoms with E-state index in [1.54, 1.807) is 18.7 Å². The van der Waals surface area contributed by atoms with Crippen molar-refractivity contribution in [3.63, 3.8) is 0 Å². The van der Waals surface area contributed by atoms with Gasteiger partial charge in [-0.3, -0.25) is 13.9 Å². The number of hydrogen-bond donors (Lipinski definition) is 1. The second kappa shape index (κ2) is 6.46. The van der Waals surface area contributed by atoms with Crippen molar-refractivity contribution in [3.8, 4) is 0 Å². The fourth-order valence-corrected chi connectivity index (χ4v) is 3.08. The first kappa shape index (κ1) is 17.1. The Bertz CT molecular complexity index is 1120. The molecule has 27 heavy (non-hydrogen) atoms. The summed E-state index contributed by atoms with van der Waals surface area (Å²) in [6, 6.07) is 0. The van der Waals surface area contributed by atoms with Crippen LogP contribution in [0.3, 0.4) is 0 Å². The van der Waals surface area contributed by atoms with E-state index in [0.29, 0.717) is 43.4 Å². The minimum atomic E-state index is -0.502. The van der Waals surface area contributed by atoms with E-state index in [0.717, 1.165) is 4.57 Å². The largest absolute Gasteiger partial charge is 0.378 e. The Hall–Kier alpha value is -3.28. The minimum Gasteiger partial charge on any atom is -0.378 e. The van der Waals surface area contributed by atoms with Gasteiger partial charge in [-0.2, -0.15) is 15.0 Å². The monoisotopic (exact) mass is 373 g/mol. The van der Waals surface area contributed by atoms with Crippen LogP contribution < -0.4 is 21.9 Å². The van der Waals surface area contributed by atoms with Crippen molar-refractivity contribution in [1.82, 2.24) is 33.6 Å². The van der Waals surface area contributed by atoms with E-state index in [4.69, 9.17) is 10.5 Å². The predicted octanol–water partition coefficient (Wildman–Crippen LogP) is -1.91. The molecule has 4 rings (SSSR count). The van der Waals surface area contributed by atoms with Crippen LogP contribution in [0.1, 0.15) is 5.82 Å². The Morgan fingerprint density at radius 1 is 1.15 bits per heavy atom. The maximum atomic E-state index is 12.8. The average Bonchev–Trinajstić information content (AvgIpc) is 3.05. The normalized spacial score (nSPS) is 14.8. The number of aryl methyl sites for hydroxylation is 2. The van der Waals surface area contributed by atoms with Crippen LogP contribution in [0, 0.1) is 0 Å². The average molecular weight is 373 g/mol. The quantitative estimate of drug-likeness (QED) is 0.557. The highest BCUT2D eigenvalue weighted by Crippen LogP contribution is 2.12. The van der Waals surface area contributed by atoms with E-state index in [2.05, 4.69) is 19.9 Å². The Balaban J connectivity index is 1.78. The molecule has 1 aliphatic heterocycles. The summed E-state index contributed by atoms with van der Waals surface area (Å²) in [5, 5.41) is 0. The number of imidazole rings is 1. The molecule has 0 aliphatic carbocycles. The molecule has 0 amide bonds. The van der Waals surface area contributed by atoms with E-state index >= 15 is 0 Å². The molecule has 1 aliphatic rings. The number of anilines is 2. The van der Waals surface area contributed by atoms with Crippen molar-refractivity contribution in [1.29, 1.82) is 0 Å². The van der Waals surface area contributed by atoms with Gasteiger partial charge in [0, 0.05) is 27.2 Å². The lowest BCUT2D eigenvalue weighted by atomic mass is 10.4. The second-order valence-electron chi connectivity index (χ2n) is 6.27. The first-order valence-electron chi connectivity index (χ1n) is 8.39. The third-order valence-corrected chi connectivity index (χ3v) is 4.48. The molecular weight excluding hydrogens is 354 g/mol. The lowest BCUT2D eigenvalue weighted by molar-refractivity contribution is 0.122. The molecule has 12 nitrogen and oxygen atoms in total. The van der Waals surface area contributed by atoms with Gasteiger partial charge in [-0.15, -0.1) is 0 Å². The summed E-state index contributed by atoms with van der Waals surface area (Å²) < 4.78 is 9.30. The fourth-order valence-electron chi connectivity index (χ4n) is 3.08. The molecule has 0 atom stereocenters. The highest BCUT2D eigenvalue weighted by Gasteiger charge is 2.19. The Morgan fingerprint density at radius 3 is 2.63 bits per heavy atom. The molecule has 1 fully saturated rings. The second-order valence-corrected chi connectivity index (χ2v) is 6.27. The van der Waals surface area contributed by atoms with Gasteiger partial charge in [0.1, 0.15) is 0 Å². The highest BCUT2D eigenvalue weighted by atomic mass is 16.5. The van der Waals surface area contributed by atoms with Crippen LogP contribution >= 0.6 is 0 Å². The van der Waals surface area contributed by atoms with Crippen LogP contribution in [0.5, 0.6) is 0 Å². The van der Waals surface area contributed by atoms with Gasteiger partial charge in [-0.1, -0.05) is 0 Å². The zero-order valence-corrected chi connectivity index (χ0v) is 15.0. The number of fused-ring (bicyclic) bond motifs is 1. The van der Waals surface area contributed by atoms with Crippen molar-refractivity contribution in [2.45, 2.75) is 6.54 Å². The molecule has 0 spiro atoms. The predicted molar refractivity (Wildman–Crippen MR) is 96.6 cm³/mol. The lowest BCUT2D eigenvalue weighted by Gasteiger charge is -2.26. The number of morpholine rings is 1. The summed E-state index contributed by atoms with van der Waals surface area (Å²) >= 11 is 0. The zero-order chi connectivity index (χ0) is 19.1. The van der Waals surface area contributed by atoms with Crippen molar-refractivity contribution < 1.29 is 4.74 Å². The van der Waals surface area contributed by atoms with Crippen LogP contribution in [0.15, 0.2) is 15.9 Å². The molecule has 0 radical (unpaired) electrons. The maximum Gasteiger partial charge on any atom is 0.332 e. The molecule has 0 aromatic carbocycles. The number of rotatable bonds is 3. The summed E-state index contributed by atoms with van der Waals surface area (Å²) in [7, 11) is 3.26. The van der Waals surface area contributed by atoms with Gasteiger partial charge >= 0.3 is 5.69 Å². The molecule has 0 unspecified atom stereocenters. The number of ether oxygens (including phenoxy) is 1. The molecule has 0 saturated carbocycles. The number of nitrogens with two attached hydrogens (primary N) is 1. The van der Waals surface area contributed by atoms with E-state index in [1.807, 2.05) is 4.90 Å². The summed E-state index contributed by atoms with van der Waals surface area (Å²) in [5.74, 6) is 0.685. The van der Waals surface area contributed by atoms with Crippen molar-refractivity contribution in [2.24, 2.45) is 14.1 Å². The van der Waals surface area contributed by atoms with Gasteiger partial charge in [0.2, 0.25) is 11.9 Å². The molecule has 3 aromatic rings. The van der Waals surface area contributed by atoms with Crippen LogP contribution in [0.25, 0.3) is 11.2 Å². The Kier molecular flexibility index (Phi) is 4.11. The number of nitrogen functional groups attached to an aromatic ring is 1. The Labute approximate surface area is 152 Å². The van der Waals surface area contributed by atoms with Gasteiger partial charge in [0.05, 0.1) is 26.1 Å². The fraction of sp³-hybridized carbons (Fsp3) is 0.467.